The van der Waals surface area contributed by atoms with Crippen LogP contribution in [-0.4, -0.2) is 4.57 Å². The fourth-order valence-electron chi connectivity index (χ4n) is 1.57. The molecule has 0 unspecified atom stereocenters. The Morgan fingerprint density at radius 1 is 1.38 bits per heavy atom. The third-order valence-corrected chi connectivity index (χ3v) is 2.84. The Kier molecular flexibility index (Phi) is 1.91. The second-order valence-corrected chi connectivity index (χ2v) is 4.06. The molecule has 0 bridgehead atoms. The summed E-state index contributed by atoms with van der Waals surface area (Å²) in [6.45, 7) is 2.02. The Bertz CT molecular complexity index is 431. The molecule has 0 aliphatic carbocycles. The Hall–Kier alpha value is -0.830. The van der Waals surface area contributed by atoms with Crippen molar-refractivity contribution in [3.63, 3.8) is 0 Å². The Morgan fingerprint density at radius 3 is 2.77 bits per heavy atom. The Balaban J connectivity index is 2.91. The molecule has 0 saturated heterocycles. The van der Waals surface area contributed by atoms with E-state index in [1.807, 2.05) is 30.8 Å². The van der Waals surface area contributed by atoms with Crippen LogP contribution in [0.25, 0.3) is 10.9 Å². The smallest absolute Gasteiger partial charge is 0.139 e. The lowest BCUT2D eigenvalue weighted by Crippen LogP contribution is -1.85. The normalized spacial score (nSPS) is 11.1. The van der Waals surface area contributed by atoms with Crippen molar-refractivity contribution in [1.82, 2.24) is 4.57 Å². The van der Waals surface area contributed by atoms with Crippen molar-refractivity contribution in [2.75, 3.05) is 0 Å². The van der Waals surface area contributed by atoms with E-state index in [0.717, 1.165) is 10.9 Å². The van der Waals surface area contributed by atoms with Crippen LogP contribution in [0.15, 0.2) is 22.8 Å². The summed E-state index contributed by atoms with van der Waals surface area (Å²) < 4.78 is 15.6. The van der Waals surface area contributed by atoms with Crippen molar-refractivity contribution in [2.24, 2.45) is 7.05 Å². The molecule has 0 fully saturated rings. The molecule has 1 heterocycles. The third-order valence-electron chi connectivity index (χ3n) is 2.23. The predicted molar refractivity (Wildman–Crippen MR) is 55.3 cm³/mol. The monoisotopic (exact) mass is 241 g/mol. The van der Waals surface area contributed by atoms with Gasteiger partial charge in [-0.15, -0.1) is 0 Å². The van der Waals surface area contributed by atoms with Crippen molar-refractivity contribution in [3.8, 4) is 0 Å². The van der Waals surface area contributed by atoms with Gasteiger partial charge in [0.05, 0.1) is 9.99 Å². The van der Waals surface area contributed by atoms with Crippen LogP contribution in [0.5, 0.6) is 0 Å². The minimum absolute atomic E-state index is 0.214. The number of halogens is 2. The predicted octanol–water partition coefficient (Wildman–Crippen LogP) is 3.39. The molecule has 0 spiro atoms. The molecule has 1 aromatic carbocycles. The number of nitrogens with zero attached hydrogens (tertiary/aromatic N) is 1. The number of aryl methyl sites for hydroxylation is 2. The van der Waals surface area contributed by atoms with Gasteiger partial charge in [0, 0.05) is 18.6 Å². The molecular formula is C10H9BrFN. The van der Waals surface area contributed by atoms with Crippen LogP contribution in [0.3, 0.4) is 0 Å². The molecule has 1 nitrogen and oxygen atoms in total. The maximum absolute atomic E-state index is 13.2. The molecule has 0 saturated carbocycles. The summed E-state index contributed by atoms with van der Waals surface area (Å²) in [5.74, 6) is -0.214. The van der Waals surface area contributed by atoms with E-state index in [1.54, 1.807) is 6.07 Å². The number of fused-ring (bicyclic) bond motifs is 1. The summed E-state index contributed by atoms with van der Waals surface area (Å²) >= 11 is 3.18. The van der Waals surface area contributed by atoms with Crippen molar-refractivity contribution in [3.05, 3.63) is 34.2 Å². The maximum atomic E-state index is 13.2. The zero-order chi connectivity index (χ0) is 9.59. The average Bonchev–Trinajstić information content (AvgIpc) is 2.31. The summed E-state index contributed by atoms with van der Waals surface area (Å²) in [5.41, 5.74) is 2.09. The van der Waals surface area contributed by atoms with Crippen LogP contribution in [0.2, 0.25) is 0 Å². The largest absolute Gasteiger partial charge is 0.350 e. The average molecular weight is 242 g/mol. The first-order chi connectivity index (χ1) is 6.09. The lowest BCUT2D eigenvalue weighted by Gasteiger charge is -1.98. The van der Waals surface area contributed by atoms with Crippen LogP contribution < -0.4 is 0 Å². The highest BCUT2D eigenvalue weighted by molar-refractivity contribution is 9.10. The van der Waals surface area contributed by atoms with E-state index in [4.69, 9.17) is 0 Å². The summed E-state index contributed by atoms with van der Waals surface area (Å²) in [6, 6.07) is 3.37. The van der Waals surface area contributed by atoms with Gasteiger partial charge in [0.25, 0.3) is 0 Å². The van der Waals surface area contributed by atoms with Gasteiger partial charge in [-0.05, 0) is 40.5 Å². The van der Waals surface area contributed by atoms with E-state index in [2.05, 4.69) is 15.9 Å². The topological polar surface area (TPSA) is 4.93 Å². The highest BCUT2D eigenvalue weighted by atomic mass is 79.9. The molecule has 0 aliphatic heterocycles. The lowest BCUT2D eigenvalue weighted by atomic mass is 10.2. The SMILES string of the molecule is Cc1cn(C)c2cc(F)c(Br)cc12. The van der Waals surface area contributed by atoms with Crippen molar-refractivity contribution >= 4 is 26.8 Å². The molecule has 13 heavy (non-hydrogen) atoms. The molecule has 0 radical (unpaired) electrons. The van der Waals surface area contributed by atoms with Crippen LogP contribution in [0.4, 0.5) is 4.39 Å². The Morgan fingerprint density at radius 2 is 2.08 bits per heavy atom. The number of aromatic nitrogens is 1. The van der Waals surface area contributed by atoms with Crippen LogP contribution in [0, 0.1) is 12.7 Å². The minimum atomic E-state index is -0.214. The van der Waals surface area contributed by atoms with E-state index in [-0.39, 0.29) is 5.82 Å². The van der Waals surface area contributed by atoms with Gasteiger partial charge in [0.15, 0.2) is 0 Å². The van der Waals surface area contributed by atoms with Gasteiger partial charge in [0.2, 0.25) is 0 Å². The Labute approximate surface area is 84.3 Å². The van der Waals surface area contributed by atoms with Gasteiger partial charge < -0.3 is 4.57 Å². The first-order valence-corrected chi connectivity index (χ1v) is 4.79. The van der Waals surface area contributed by atoms with Gasteiger partial charge >= 0.3 is 0 Å². The summed E-state index contributed by atoms with van der Waals surface area (Å²) in [5, 5.41) is 1.09. The van der Waals surface area contributed by atoms with Crippen LogP contribution >= 0.6 is 15.9 Å². The molecule has 3 heteroatoms. The van der Waals surface area contributed by atoms with E-state index in [0.29, 0.717) is 4.47 Å². The van der Waals surface area contributed by atoms with Crippen LogP contribution in [-0.2, 0) is 7.05 Å². The summed E-state index contributed by atoms with van der Waals surface area (Å²) in [6.07, 6.45) is 2.00. The van der Waals surface area contributed by atoms with E-state index in [1.165, 1.54) is 5.56 Å². The quantitative estimate of drug-likeness (QED) is 0.667. The molecule has 1 aromatic heterocycles. The highest BCUT2D eigenvalue weighted by Gasteiger charge is 2.07. The van der Waals surface area contributed by atoms with Crippen molar-refractivity contribution in [2.45, 2.75) is 6.92 Å². The molecule has 0 N–H and O–H groups in total. The number of benzene rings is 1. The zero-order valence-electron chi connectivity index (χ0n) is 7.44. The van der Waals surface area contributed by atoms with Gasteiger partial charge in [0.1, 0.15) is 5.82 Å². The molecular weight excluding hydrogens is 233 g/mol. The number of hydrogen-bond acceptors (Lipinski definition) is 0. The standard InChI is InChI=1S/C10H9BrFN/c1-6-5-13(2)10-4-9(12)8(11)3-7(6)10/h3-5H,1-2H3. The molecule has 2 aromatic rings. The summed E-state index contributed by atoms with van der Waals surface area (Å²) in [4.78, 5) is 0. The first kappa shape index (κ1) is 8.75. The molecule has 0 atom stereocenters. The van der Waals surface area contributed by atoms with Gasteiger partial charge in [-0.2, -0.15) is 0 Å². The second kappa shape index (κ2) is 2.84. The highest BCUT2D eigenvalue weighted by Crippen LogP contribution is 2.26. The minimum Gasteiger partial charge on any atom is -0.350 e. The third kappa shape index (κ3) is 1.27. The zero-order valence-corrected chi connectivity index (χ0v) is 9.02. The van der Waals surface area contributed by atoms with E-state index in [9.17, 15) is 4.39 Å². The second-order valence-electron chi connectivity index (χ2n) is 3.21. The van der Waals surface area contributed by atoms with Crippen LogP contribution in [0.1, 0.15) is 5.56 Å². The maximum Gasteiger partial charge on any atom is 0.139 e. The van der Waals surface area contributed by atoms with E-state index >= 15 is 0 Å². The summed E-state index contributed by atoms with van der Waals surface area (Å²) in [7, 11) is 1.92. The van der Waals surface area contributed by atoms with Gasteiger partial charge in [-0.3, -0.25) is 0 Å². The fourth-order valence-corrected chi connectivity index (χ4v) is 1.92. The van der Waals surface area contributed by atoms with Gasteiger partial charge in [-0.1, -0.05) is 0 Å². The fraction of sp³-hybridized carbons (Fsp3) is 0.200. The lowest BCUT2D eigenvalue weighted by molar-refractivity contribution is 0.622. The van der Waals surface area contributed by atoms with Crippen molar-refractivity contribution in [1.29, 1.82) is 0 Å². The number of rotatable bonds is 0. The molecule has 2 rings (SSSR count). The molecule has 0 amide bonds. The van der Waals surface area contributed by atoms with Crippen molar-refractivity contribution < 1.29 is 4.39 Å². The number of hydrogen-bond donors (Lipinski definition) is 0. The first-order valence-electron chi connectivity index (χ1n) is 4.00. The molecule has 0 aliphatic rings. The molecule has 68 valence electrons. The van der Waals surface area contributed by atoms with Gasteiger partial charge in [-0.25, -0.2) is 4.39 Å². The van der Waals surface area contributed by atoms with E-state index < -0.39 is 0 Å².